The number of hydrogen-bond acceptors (Lipinski definition) is 3. The zero-order valence-electron chi connectivity index (χ0n) is 13.5. The van der Waals surface area contributed by atoms with Gasteiger partial charge in [-0.2, -0.15) is 0 Å². The number of ether oxygens (including phenoxy) is 2. The summed E-state index contributed by atoms with van der Waals surface area (Å²) >= 11 is 0. The van der Waals surface area contributed by atoms with Gasteiger partial charge in [0, 0.05) is 6.54 Å². The molecule has 0 radical (unpaired) electrons. The molecule has 1 rings (SSSR count). The summed E-state index contributed by atoms with van der Waals surface area (Å²) in [5.74, 6) is 2.40. The van der Waals surface area contributed by atoms with Gasteiger partial charge in [-0.25, -0.2) is 0 Å². The molecule has 0 saturated carbocycles. The molecule has 0 spiro atoms. The molecule has 0 aliphatic heterocycles. The topological polar surface area (TPSA) is 30.5 Å². The quantitative estimate of drug-likeness (QED) is 0.693. The predicted molar refractivity (Wildman–Crippen MR) is 84.5 cm³/mol. The van der Waals surface area contributed by atoms with Crippen LogP contribution in [0.4, 0.5) is 0 Å². The lowest BCUT2D eigenvalue weighted by molar-refractivity contribution is 0.230. The van der Waals surface area contributed by atoms with E-state index in [0.717, 1.165) is 30.5 Å². The molecule has 20 heavy (non-hydrogen) atoms. The van der Waals surface area contributed by atoms with Gasteiger partial charge in [0.2, 0.25) is 0 Å². The van der Waals surface area contributed by atoms with E-state index in [2.05, 4.69) is 25.2 Å². The van der Waals surface area contributed by atoms with E-state index in [-0.39, 0.29) is 6.10 Å². The molecule has 3 heteroatoms. The third kappa shape index (κ3) is 6.29. The van der Waals surface area contributed by atoms with Crippen LogP contribution < -0.4 is 14.8 Å². The largest absolute Gasteiger partial charge is 0.493 e. The van der Waals surface area contributed by atoms with Crippen LogP contribution in [0.2, 0.25) is 0 Å². The molecule has 0 saturated heterocycles. The molecule has 1 aromatic rings. The molecule has 0 aromatic heterocycles. The molecule has 0 fully saturated rings. The number of nitrogens with one attached hydrogen (secondary N) is 1. The van der Waals surface area contributed by atoms with Crippen LogP contribution in [0.25, 0.3) is 0 Å². The molecule has 1 aromatic carbocycles. The van der Waals surface area contributed by atoms with E-state index in [1.54, 1.807) is 7.11 Å². The van der Waals surface area contributed by atoms with Gasteiger partial charge in [0.15, 0.2) is 11.5 Å². The highest BCUT2D eigenvalue weighted by Crippen LogP contribution is 2.28. The highest BCUT2D eigenvalue weighted by molar-refractivity contribution is 5.43. The van der Waals surface area contributed by atoms with Crippen LogP contribution in [0.15, 0.2) is 18.2 Å². The van der Waals surface area contributed by atoms with Crippen molar-refractivity contribution in [3.05, 3.63) is 23.8 Å². The smallest absolute Gasteiger partial charge is 0.161 e. The van der Waals surface area contributed by atoms with Crippen LogP contribution in [0.1, 0.15) is 46.1 Å². The first kappa shape index (κ1) is 16.8. The second-order valence-corrected chi connectivity index (χ2v) is 5.86. The Morgan fingerprint density at radius 1 is 1.10 bits per heavy atom. The molecular formula is C17H29NO2. The number of hydrogen-bond donors (Lipinski definition) is 1. The Bertz CT molecular complexity index is 389. The monoisotopic (exact) mass is 279 g/mol. The predicted octanol–water partition coefficient (Wildman–Crippen LogP) is 4.01. The summed E-state index contributed by atoms with van der Waals surface area (Å²) < 4.78 is 11.1. The Morgan fingerprint density at radius 2 is 1.85 bits per heavy atom. The fraction of sp³-hybridized carbons (Fsp3) is 0.647. The lowest BCUT2D eigenvalue weighted by Gasteiger charge is -2.14. The summed E-state index contributed by atoms with van der Waals surface area (Å²) in [7, 11) is 1.68. The van der Waals surface area contributed by atoms with Gasteiger partial charge in [0.05, 0.1) is 13.2 Å². The van der Waals surface area contributed by atoms with Gasteiger partial charge >= 0.3 is 0 Å². The van der Waals surface area contributed by atoms with Crippen LogP contribution in [-0.4, -0.2) is 19.8 Å². The fourth-order valence-electron chi connectivity index (χ4n) is 2.04. The molecule has 114 valence electrons. The maximum Gasteiger partial charge on any atom is 0.161 e. The summed E-state index contributed by atoms with van der Waals surface area (Å²) in [5.41, 5.74) is 1.22. The van der Waals surface area contributed by atoms with Crippen molar-refractivity contribution in [2.45, 2.75) is 53.2 Å². The molecule has 1 N–H and O–H groups in total. The van der Waals surface area contributed by atoms with Crippen molar-refractivity contribution in [1.82, 2.24) is 5.32 Å². The van der Waals surface area contributed by atoms with E-state index >= 15 is 0 Å². The van der Waals surface area contributed by atoms with Crippen molar-refractivity contribution < 1.29 is 9.47 Å². The van der Waals surface area contributed by atoms with Gasteiger partial charge in [-0.1, -0.05) is 19.9 Å². The SMILES string of the molecule is COc1cc(CNCCCC(C)C)ccc1OC(C)C. The average molecular weight is 279 g/mol. The third-order valence-electron chi connectivity index (χ3n) is 3.05. The summed E-state index contributed by atoms with van der Waals surface area (Å²) in [5, 5.41) is 3.47. The first-order valence-electron chi connectivity index (χ1n) is 7.57. The molecule has 0 unspecified atom stereocenters. The zero-order valence-corrected chi connectivity index (χ0v) is 13.5. The first-order valence-corrected chi connectivity index (χ1v) is 7.57. The van der Waals surface area contributed by atoms with Crippen LogP contribution in [0, 0.1) is 5.92 Å². The van der Waals surface area contributed by atoms with Gasteiger partial charge in [0.25, 0.3) is 0 Å². The molecule has 0 heterocycles. The van der Waals surface area contributed by atoms with E-state index in [0.29, 0.717) is 0 Å². The Kier molecular flexibility index (Phi) is 7.45. The Hall–Kier alpha value is -1.22. The maximum atomic E-state index is 5.72. The number of rotatable bonds is 9. The molecule has 0 bridgehead atoms. The van der Waals surface area contributed by atoms with Crippen LogP contribution in [0.5, 0.6) is 11.5 Å². The van der Waals surface area contributed by atoms with Gasteiger partial charge in [-0.15, -0.1) is 0 Å². The summed E-state index contributed by atoms with van der Waals surface area (Å²) in [6.45, 7) is 10.5. The van der Waals surface area contributed by atoms with Crippen molar-refractivity contribution >= 4 is 0 Å². The molecule has 0 aliphatic rings. The summed E-state index contributed by atoms with van der Waals surface area (Å²) in [6, 6.07) is 6.13. The van der Waals surface area contributed by atoms with Gasteiger partial charge in [0.1, 0.15) is 0 Å². The Morgan fingerprint density at radius 3 is 2.45 bits per heavy atom. The van der Waals surface area contributed by atoms with Crippen molar-refractivity contribution in [2.24, 2.45) is 5.92 Å². The van der Waals surface area contributed by atoms with Gasteiger partial charge in [-0.3, -0.25) is 0 Å². The standard InChI is InChI=1S/C17H29NO2/c1-13(2)7-6-10-18-12-15-8-9-16(20-14(3)4)17(11-15)19-5/h8-9,11,13-14,18H,6-7,10,12H2,1-5H3. The highest BCUT2D eigenvalue weighted by atomic mass is 16.5. The average Bonchev–Trinajstić information content (AvgIpc) is 2.38. The summed E-state index contributed by atoms with van der Waals surface area (Å²) in [4.78, 5) is 0. The Labute approximate surface area is 123 Å². The van der Waals surface area contributed by atoms with E-state index in [1.165, 1.54) is 18.4 Å². The second kappa shape index (κ2) is 8.85. The van der Waals surface area contributed by atoms with E-state index in [9.17, 15) is 0 Å². The molecule has 0 amide bonds. The molecule has 3 nitrogen and oxygen atoms in total. The zero-order chi connectivity index (χ0) is 15.0. The molecule has 0 aliphatic carbocycles. The van der Waals surface area contributed by atoms with Crippen LogP contribution in [0.3, 0.4) is 0 Å². The second-order valence-electron chi connectivity index (χ2n) is 5.86. The van der Waals surface area contributed by atoms with Gasteiger partial charge < -0.3 is 14.8 Å². The minimum absolute atomic E-state index is 0.156. The first-order chi connectivity index (χ1) is 9.52. The van der Waals surface area contributed by atoms with Crippen molar-refractivity contribution in [3.63, 3.8) is 0 Å². The minimum atomic E-state index is 0.156. The molecule has 0 atom stereocenters. The lowest BCUT2D eigenvalue weighted by Crippen LogP contribution is -2.15. The van der Waals surface area contributed by atoms with Crippen molar-refractivity contribution in [2.75, 3.05) is 13.7 Å². The van der Waals surface area contributed by atoms with Gasteiger partial charge in [-0.05, 0) is 56.8 Å². The Balaban J connectivity index is 2.47. The van der Waals surface area contributed by atoms with E-state index in [1.807, 2.05) is 26.0 Å². The van der Waals surface area contributed by atoms with Crippen LogP contribution >= 0.6 is 0 Å². The van der Waals surface area contributed by atoms with E-state index < -0.39 is 0 Å². The van der Waals surface area contributed by atoms with Crippen molar-refractivity contribution in [1.29, 1.82) is 0 Å². The molecular weight excluding hydrogens is 250 g/mol. The highest BCUT2D eigenvalue weighted by Gasteiger charge is 2.07. The lowest BCUT2D eigenvalue weighted by atomic mass is 10.1. The van der Waals surface area contributed by atoms with E-state index in [4.69, 9.17) is 9.47 Å². The normalized spacial score (nSPS) is 11.2. The maximum absolute atomic E-state index is 5.72. The fourth-order valence-corrected chi connectivity index (χ4v) is 2.04. The minimum Gasteiger partial charge on any atom is -0.493 e. The number of methoxy groups -OCH3 is 1. The number of benzene rings is 1. The van der Waals surface area contributed by atoms with Crippen LogP contribution in [-0.2, 0) is 6.54 Å². The summed E-state index contributed by atoms with van der Waals surface area (Å²) in [6.07, 6.45) is 2.66. The third-order valence-corrected chi connectivity index (χ3v) is 3.05. The van der Waals surface area contributed by atoms with Crippen molar-refractivity contribution in [3.8, 4) is 11.5 Å².